The summed E-state index contributed by atoms with van der Waals surface area (Å²) in [5, 5.41) is 6.31. The second kappa shape index (κ2) is 11.1. The van der Waals surface area contributed by atoms with Gasteiger partial charge in [0.25, 0.3) is 0 Å². The van der Waals surface area contributed by atoms with Gasteiger partial charge in [-0.1, -0.05) is 48.5 Å². The number of benzene rings is 2. The molecule has 0 spiro atoms. The molecule has 1 aromatic heterocycles. The van der Waals surface area contributed by atoms with Gasteiger partial charge >= 0.3 is 0 Å². The highest BCUT2D eigenvalue weighted by Gasteiger charge is 2.30. The first-order chi connectivity index (χ1) is 13.7. The van der Waals surface area contributed by atoms with Gasteiger partial charge in [-0.25, -0.2) is 0 Å². The van der Waals surface area contributed by atoms with Crippen LogP contribution in [0.15, 0.2) is 79.1 Å². The zero-order valence-electron chi connectivity index (χ0n) is 15.9. The lowest BCUT2D eigenvalue weighted by Crippen LogP contribution is -2.38. The topological polar surface area (TPSA) is 71.1 Å². The van der Waals surface area contributed by atoms with Crippen molar-refractivity contribution in [3.05, 3.63) is 95.8 Å². The smallest absolute Gasteiger partial charge is 0.242 e. The van der Waals surface area contributed by atoms with E-state index in [4.69, 9.17) is 0 Å². The predicted molar refractivity (Wildman–Crippen MR) is 126 cm³/mol. The van der Waals surface area contributed by atoms with Gasteiger partial charge in [-0.05, 0) is 23.8 Å². The van der Waals surface area contributed by atoms with Crippen LogP contribution in [-0.2, 0) is 4.79 Å². The van der Waals surface area contributed by atoms with Crippen molar-refractivity contribution in [2.45, 2.75) is 11.4 Å². The van der Waals surface area contributed by atoms with E-state index in [-0.39, 0.29) is 47.9 Å². The molecule has 2 N–H and O–H groups in total. The maximum atomic E-state index is 12.7. The van der Waals surface area contributed by atoms with Crippen molar-refractivity contribution in [2.24, 2.45) is 0 Å². The number of nitrogens with zero attached hydrogens (tertiary/aromatic N) is 1. The van der Waals surface area contributed by atoms with E-state index in [1.165, 1.54) is 0 Å². The molecule has 1 aliphatic rings. The summed E-state index contributed by atoms with van der Waals surface area (Å²) in [5.41, 5.74) is 2.84. The summed E-state index contributed by atoms with van der Waals surface area (Å²) in [6, 6.07) is 19.7. The van der Waals surface area contributed by atoms with Crippen LogP contribution in [0.4, 0.5) is 5.69 Å². The van der Waals surface area contributed by atoms with Crippen LogP contribution in [0.2, 0.25) is 0 Å². The maximum absolute atomic E-state index is 12.7. The number of hydrogen-bond acceptors (Lipinski definition) is 5. The Morgan fingerprint density at radius 1 is 0.967 bits per heavy atom. The number of hydrogen-bond donors (Lipinski definition) is 2. The number of pyridine rings is 1. The van der Waals surface area contributed by atoms with E-state index < -0.39 is 0 Å². The average molecular weight is 462 g/mol. The quantitative estimate of drug-likeness (QED) is 0.547. The Morgan fingerprint density at radius 3 is 2.47 bits per heavy atom. The molecule has 2 aromatic carbocycles. The van der Waals surface area contributed by atoms with Gasteiger partial charge in [-0.2, -0.15) is 0 Å². The van der Waals surface area contributed by atoms with E-state index in [9.17, 15) is 9.59 Å². The van der Waals surface area contributed by atoms with Gasteiger partial charge in [0.1, 0.15) is 0 Å². The Morgan fingerprint density at radius 2 is 1.73 bits per heavy atom. The lowest BCUT2D eigenvalue weighted by atomic mass is 10.0. The monoisotopic (exact) mass is 461 g/mol. The summed E-state index contributed by atoms with van der Waals surface area (Å²) in [4.78, 5) is 29.4. The molecule has 1 amide bonds. The number of anilines is 1. The number of carbonyl (C=O) groups excluding carboxylic acids is 2. The number of amides is 1. The summed E-state index contributed by atoms with van der Waals surface area (Å²) >= 11 is 1.68. The summed E-state index contributed by atoms with van der Waals surface area (Å²) < 4.78 is 0. The zero-order valence-corrected chi connectivity index (χ0v) is 18.3. The molecule has 0 saturated carbocycles. The number of nitrogens with one attached hydrogen (secondary N) is 2. The predicted octanol–water partition coefficient (Wildman–Crippen LogP) is 4.50. The first-order valence-electron chi connectivity index (χ1n) is 8.99. The SMILES string of the molecule is Cl.Cl.O=C(c1ccccc1)c1cccc(NC(=O)C2CSC(c3cccnc3)N2)c1. The normalized spacial score (nSPS) is 17.3. The standard InChI is InChI=1S/C22H19N3O2S.2ClH/c26-20(15-6-2-1-3-7-15)16-8-4-10-18(12-16)24-21(27)19-14-28-22(25-19)17-9-5-11-23-13-17;;/h1-13,19,22,25H,14H2,(H,24,27);2*1H. The highest BCUT2D eigenvalue weighted by atomic mass is 35.5. The molecule has 30 heavy (non-hydrogen) atoms. The molecule has 0 bridgehead atoms. The molecule has 2 atom stereocenters. The first kappa shape index (κ1) is 23.9. The molecule has 1 fully saturated rings. The van der Waals surface area contributed by atoms with Crippen molar-refractivity contribution in [1.29, 1.82) is 0 Å². The molecular formula is C22H21Cl2N3O2S. The van der Waals surface area contributed by atoms with E-state index in [2.05, 4.69) is 15.6 Å². The molecule has 156 valence electrons. The molecule has 8 heteroatoms. The number of carbonyl (C=O) groups is 2. The molecule has 0 aliphatic carbocycles. The van der Waals surface area contributed by atoms with Crippen molar-refractivity contribution in [3.63, 3.8) is 0 Å². The molecular weight excluding hydrogens is 441 g/mol. The van der Waals surface area contributed by atoms with Gasteiger partial charge in [-0.15, -0.1) is 36.6 Å². The molecule has 2 unspecified atom stereocenters. The van der Waals surface area contributed by atoms with E-state index in [1.54, 1.807) is 54.4 Å². The third kappa shape index (κ3) is 5.61. The molecule has 3 aromatic rings. The minimum absolute atomic E-state index is 0. The fourth-order valence-corrected chi connectivity index (χ4v) is 4.29. The van der Waals surface area contributed by atoms with Crippen molar-refractivity contribution < 1.29 is 9.59 Å². The lowest BCUT2D eigenvalue weighted by Gasteiger charge is -2.14. The minimum atomic E-state index is -0.302. The maximum Gasteiger partial charge on any atom is 0.242 e. The van der Waals surface area contributed by atoms with Gasteiger partial charge in [-0.3, -0.25) is 19.9 Å². The van der Waals surface area contributed by atoms with Gasteiger partial charge in [0.2, 0.25) is 5.91 Å². The van der Waals surface area contributed by atoms with Gasteiger partial charge in [0.05, 0.1) is 11.4 Å². The second-order valence-electron chi connectivity index (χ2n) is 6.48. The number of rotatable bonds is 5. The second-order valence-corrected chi connectivity index (χ2v) is 7.62. The summed E-state index contributed by atoms with van der Waals surface area (Å²) in [6.45, 7) is 0. The molecule has 0 radical (unpaired) electrons. The Bertz CT molecular complexity index is 990. The summed E-state index contributed by atoms with van der Waals surface area (Å²) in [5.74, 6) is 0.500. The fraction of sp³-hybridized carbons (Fsp3) is 0.136. The number of aromatic nitrogens is 1. The van der Waals surface area contributed by atoms with Crippen LogP contribution in [0.25, 0.3) is 0 Å². The molecule has 5 nitrogen and oxygen atoms in total. The van der Waals surface area contributed by atoms with Crippen molar-refractivity contribution >= 4 is 54.0 Å². The fourth-order valence-electron chi connectivity index (χ4n) is 3.07. The van der Waals surface area contributed by atoms with Gasteiger partial charge in [0.15, 0.2) is 5.78 Å². The van der Waals surface area contributed by atoms with Crippen LogP contribution in [0.3, 0.4) is 0 Å². The van der Waals surface area contributed by atoms with Crippen LogP contribution in [-0.4, -0.2) is 28.5 Å². The van der Waals surface area contributed by atoms with Crippen molar-refractivity contribution in [3.8, 4) is 0 Å². The van der Waals surface area contributed by atoms with E-state index in [0.29, 0.717) is 22.6 Å². The highest BCUT2D eigenvalue weighted by molar-refractivity contribution is 7.99. The molecule has 2 heterocycles. The van der Waals surface area contributed by atoms with Gasteiger partial charge in [0, 0.05) is 35.0 Å². The van der Waals surface area contributed by atoms with Crippen LogP contribution in [0, 0.1) is 0 Å². The van der Waals surface area contributed by atoms with Crippen LogP contribution >= 0.6 is 36.6 Å². The van der Waals surface area contributed by atoms with E-state index in [1.807, 2.05) is 36.5 Å². The lowest BCUT2D eigenvalue weighted by molar-refractivity contribution is -0.117. The van der Waals surface area contributed by atoms with E-state index in [0.717, 1.165) is 5.56 Å². The molecule has 1 aliphatic heterocycles. The summed E-state index contributed by atoms with van der Waals surface area (Å²) in [7, 11) is 0. The molecule has 4 rings (SSSR count). The Labute approximate surface area is 191 Å². The third-order valence-corrected chi connectivity index (χ3v) is 5.78. The zero-order chi connectivity index (χ0) is 19.3. The van der Waals surface area contributed by atoms with Crippen molar-refractivity contribution in [2.75, 3.05) is 11.1 Å². The van der Waals surface area contributed by atoms with Crippen LogP contribution < -0.4 is 10.6 Å². The van der Waals surface area contributed by atoms with Gasteiger partial charge < -0.3 is 5.32 Å². The third-order valence-electron chi connectivity index (χ3n) is 4.51. The summed E-state index contributed by atoms with van der Waals surface area (Å²) in [6.07, 6.45) is 3.54. The average Bonchev–Trinajstić information content (AvgIpc) is 3.25. The van der Waals surface area contributed by atoms with Crippen LogP contribution in [0.1, 0.15) is 26.9 Å². The van der Waals surface area contributed by atoms with Crippen LogP contribution in [0.5, 0.6) is 0 Å². The number of thioether (sulfide) groups is 1. The minimum Gasteiger partial charge on any atom is -0.325 e. The van der Waals surface area contributed by atoms with Crippen molar-refractivity contribution in [1.82, 2.24) is 10.3 Å². The Balaban J connectivity index is 0.00000160. The van der Waals surface area contributed by atoms with E-state index >= 15 is 0 Å². The molecule has 1 saturated heterocycles. The largest absolute Gasteiger partial charge is 0.325 e. The Hall–Kier alpha value is -2.38. The Kier molecular flexibility index (Phi) is 8.87. The number of halogens is 2. The number of ketones is 1. The first-order valence-corrected chi connectivity index (χ1v) is 10.0. The highest BCUT2D eigenvalue weighted by Crippen LogP contribution is 2.32.